The molecule has 0 bridgehead atoms. The third-order valence-corrected chi connectivity index (χ3v) is 14.6. The lowest BCUT2D eigenvalue weighted by molar-refractivity contribution is -0.0418. The molecule has 0 radical (unpaired) electrons. The van der Waals surface area contributed by atoms with Crippen molar-refractivity contribution in [3.05, 3.63) is 24.3 Å². The lowest BCUT2D eigenvalue weighted by Gasteiger charge is -2.54. The zero-order valence-corrected chi connectivity index (χ0v) is 23.8. The van der Waals surface area contributed by atoms with Crippen LogP contribution in [0.3, 0.4) is 0 Å². The lowest BCUT2D eigenvalue weighted by atomic mass is 9.84. The normalized spacial score (nSPS) is 28.0. The van der Waals surface area contributed by atoms with Gasteiger partial charge in [0.25, 0.3) is 0 Å². The van der Waals surface area contributed by atoms with Crippen molar-refractivity contribution in [1.29, 1.82) is 0 Å². The van der Waals surface area contributed by atoms with E-state index in [1.165, 1.54) is 64.2 Å². The summed E-state index contributed by atoms with van der Waals surface area (Å²) >= 11 is 0. The van der Waals surface area contributed by atoms with Gasteiger partial charge in [-0.25, -0.2) is 0 Å². The number of hydrogen-bond donors (Lipinski definition) is 0. The van der Waals surface area contributed by atoms with Crippen LogP contribution in [0, 0.1) is 0 Å². The summed E-state index contributed by atoms with van der Waals surface area (Å²) in [6, 6.07) is 1.84. The van der Waals surface area contributed by atoms with Gasteiger partial charge < -0.3 is 4.43 Å². The highest BCUT2D eigenvalue weighted by Crippen LogP contribution is 2.45. The number of allylic oxidation sites excluding steroid dienone is 3. The van der Waals surface area contributed by atoms with E-state index in [-0.39, 0.29) is 0 Å². The molecule has 2 aliphatic heterocycles. The fourth-order valence-corrected chi connectivity index (χ4v) is 12.6. The molecule has 0 N–H and O–H groups in total. The fourth-order valence-electron chi connectivity index (χ4n) is 6.93. The Hall–Kier alpha value is -0.383. The molecule has 0 aromatic heterocycles. The maximum atomic E-state index is 7.32. The molecule has 2 rings (SSSR count). The van der Waals surface area contributed by atoms with Crippen LogP contribution in [0.5, 0.6) is 0 Å². The highest BCUT2D eigenvalue weighted by atomic mass is 28.4. The molecular formula is C29H55NOSi. The van der Waals surface area contributed by atoms with Crippen LogP contribution in [0.4, 0.5) is 0 Å². The molecular weight excluding hydrogens is 406 g/mol. The van der Waals surface area contributed by atoms with E-state index in [9.17, 15) is 0 Å². The molecule has 0 spiro atoms. The summed E-state index contributed by atoms with van der Waals surface area (Å²) in [7, 11) is -1.84. The van der Waals surface area contributed by atoms with Crippen LogP contribution in [0.2, 0.25) is 16.6 Å². The second kappa shape index (κ2) is 13.5. The Bertz CT molecular complexity index is 560. The first-order chi connectivity index (χ1) is 15.3. The van der Waals surface area contributed by atoms with Gasteiger partial charge in [-0.15, -0.1) is 0 Å². The van der Waals surface area contributed by atoms with Crippen LogP contribution in [0.25, 0.3) is 0 Å². The summed E-state index contributed by atoms with van der Waals surface area (Å²) in [6.07, 6.45) is 23.1. The molecule has 2 aliphatic rings. The maximum Gasteiger partial charge on any atom is 0.200 e. The minimum absolute atomic E-state index is 0.397. The molecule has 4 atom stereocenters. The number of unbranched alkanes of at least 4 members (excludes halogenated alkanes) is 4. The van der Waals surface area contributed by atoms with Crippen molar-refractivity contribution in [3.63, 3.8) is 0 Å². The van der Waals surface area contributed by atoms with Gasteiger partial charge in [-0.3, -0.25) is 4.90 Å². The highest BCUT2D eigenvalue weighted by Gasteiger charge is 2.49. The summed E-state index contributed by atoms with van der Waals surface area (Å²) in [6.45, 7) is 19.3. The van der Waals surface area contributed by atoms with E-state index in [0.29, 0.717) is 34.8 Å². The zero-order valence-electron chi connectivity index (χ0n) is 22.8. The minimum Gasteiger partial charge on any atom is -0.412 e. The molecule has 3 heteroatoms. The molecule has 32 heavy (non-hydrogen) atoms. The van der Waals surface area contributed by atoms with Crippen molar-refractivity contribution in [2.75, 3.05) is 0 Å². The fraction of sp³-hybridized carbons (Fsp3) is 0.862. The van der Waals surface area contributed by atoms with E-state index in [2.05, 4.69) is 84.6 Å². The Kier molecular flexibility index (Phi) is 11.7. The molecule has 2 nitrogen and oxygen atoms in total. The standard InChI is InChI=1S/C29H55NOSi/c1-9-10-11-12-13-14-15-16-18-27-19-17-20-28-21-22-29(26(8)30(27)28)31-32(23(2)3,24(4)5)25(6)7/h14-16,18,23-29H,9-13,17,19-22H2,1-8H3/b15-14+,18-16+/t26-,27+,28-,29+/m0/s1. The Labute approximate surface area is 202 Å². The highest BCUT2D eigenvalue weighted by molar-refractivity contribution is 6.77. The second-order valence-electron chi connectivity index (χ2n) is 11.6. The Morgan fingerprint density at radius 2 is 1.56 bits per heavy atom. The number of piperidine rings is 2. The lowest BCUT2D eigenvalue weighted by Crippen LogP contribution is -2.61. The average molecular weight is 462 g/mol. The first kappa shape index (κ1) is 27.9. The van der Waals surface area contributed by atoms with Gasteiger partial charge in [0.15, 0.2) is 0 Å². The van der Waals surface area contributed by atoms with Crippen molar-refractivity contribution in [1.82, 2.24) is 4.90 Å². The molecule has 0 aromatic rings. The van der Waals surface area contributed by atoms with Crippen molar-refractivity contribution in [2.45, 2.75) is 160 Å². The van der Waals surface area contributed by atoms with Gasteiger partial charge >= 0.3 is 0 Å². The van der Waals surface area contributed by atoms with Crippen LogP contribution in [0.1, 0.15) is 120 Å². The second-order valence-corrected chi connectivity index (χ2v) is 17.0. The predicted octanol–water partition coefficient (Wildman–Crippen LogP) is 9.04. The van der Waals surface area contributed by atoms with Gasteiger partial charge in [0, 0.05) is 18.1 Å². The number of nitrogens with zero attached hydrogens (tertiary/aromatic N) is 1. The Morgan fingerprint density at radius 3 is 2.19 bits per heavy atom. The van der Waals surface area contributed by atoms with Crippen molar-refractivity contribution in [3.8, 4) is 0 Å². The molecule has 0 amide bonds. The molecule has 0 saturated carbocycles. The maximum absolute atomic E-state index is 7.32. The summed E-state index contributed by atoms with van der Waals surface area (Å²) in [4.78, 5) is 2.85. The van der Waals surface area contributed by atoms with Crippen LogP contribution < -0.4 is 0 Å². The predicted molar refractivity (Wildman–Crippen MR) is 145 cm³/mol. The van der Waals surface area contributed by atoms with E-state index >= 15 is 0 Å². The van der Waals surface area contributed by atoms with E-state index in [1.807, 2.05) is 0 Å². The van der Waals surface area contributed by atoms with Gasteiger partial charge in [-0.05, 0) is 62.1 Å². The van der Waals surface area contributed by atoms with E-state index < -0.39 is 8.32 Å². The first-order valence-corrected chi connectivity index (χ1v) is 16.2. The van der Waals surface area contributed by atoms with Crippen LogP contribution in [-0.4, -0.2) is 37.4 Å². The van der Waals surface area contributed by atoms with Crippen LogP contribution in [-0.2, 0) is 4.43 Å². The van der Waals surface area contributed by atoms with Crippen molar-refractivity contribution in [2.24, 2.45) is 0 Å². The van der Waals surface area contributed by atoms with Crippen LogP contribution >= 0.6 is 0 Å². The largest absolute Gasteiger partial charge is 0.412 e. The van der Waals surface area contributed by atoms with E-state index in [4.69, 9.17) is 4.43 Å². The first-order valence-electron chi connectivity index (χ1n) is 14.0. The van der Waals surface area contributed by atoms with Gasteiger partial charge in [0.1, 0.15) is 0 Å². The summed E-state index contributed by atoms with van der Waals surface area (Å²) in [5.74, 6) is 0. The summed E-state index contributed by atoms with van der Waals surface area (Å²) in [5, 5.41) is 0. The molecule has 0 aliphatic carbocycles. The monoisotopic (exact) mass is 461 g/mol. The molecule has 2 heterocycles. The van der Waals surface area contributed by atoms with E-state index in [1.54, 1.807) is 0 Å². The molecule has 186 valence electrons. The van der Waals surface area contributed by atoms with Gasteiger partial charge in [0.05, 0.1) is 6.10 Å². The third kappa shape index (κ3) is 6.82. The topological polar surface area (TPSA) is 12.5 Å². The molecule has 0 unspecified atom stereocenters. The quantitative estimate of drug-likeness (QED) is 0.163. The van der Waals surface area contributed by atoms with Crippen LogP contribution in [0.15, 0.2) is 24.3 Å². The van der Waals surface area contributed by atoms with E-state index in [0.717, 1.165) is 6.04 Å². The number of hydrogen-bond acceptors (Lipinski definition) is 2. The molecule has 2 saturated heterocycles. The molecule has 2 fully saturated rings. The number of rotatable bonds is 12. The summed E-state index contributed by atoms with van der Waals surface area (Å²) in [5.41, 5.74) is 1.98. The van der Waals surface area contributed by atoms with Gasteiger partial charge in [-0.1, -0.05) is 98.5 Å². The number of fused-ring (bicyclic) bond motifs is 1. The third-order valence-electron chi connectivity index (χ3n) is 8.50. The van der Waals surface area contributed by atoms with Crippen molar-refractivity contribution < 1.29 is 4.43 Å². The zero-order chi connectivity index (χ0) is 23.7. The smallest absolute Gasteiger partial charge is 0.200 e. The van der Waals surface area contributed by atoms with Gasteiger partial charge in [-0.2, -0.15) is 0 Å². The van der Waals surface area contributed by atoms with Crippen molar-refractivity contribution >= 4 is 8.32 Å². The Balaban J connectivity index is 2.06. The van der Waals surface area contributed by atoms with Gasteiger partial charge in [0.2, 0.25) is 8.32 Å². The average Bonchev–Trinajstić information content (AvgIpc) is 2.74. The Morgan fingerprint density at radius 1 is 0.875 bits per heavy atom. The minimum atomic E-state index is -1.84. The SMILES string of the molecule is CCCCCC/C=C/C=C/[C@@H]1CCC[C@H]2CC[C@@H](O[Si](C(C)C)(C(C)C)C(C)C)[C@H](C)N21. The summed E-state index contributed by atoms with van der Waals surface area (Å²) < 4.78 is 7.32. The molecule has 0 aromatic carbocycles.